The molecule has 0 aliphatic rings. The number of carboxylic acid groups (broad SMARTS) is 3. The Morgan fingerprint density at radius 2 is 1.77 bits per heavy atom. The number of thiazole rings is 1. The lowest BCUT2D eigenvalue weighted by Crippen LogP contribution is -2.42. The van der Waals surface area contributed by atoms with Crippen LogP contribution in [0.2, 0.25) is 0 Å². The van der Waals surface area contributed by atoms with E-state index in [1.165, 1.54) is 18.3 Å². The maximum atomic E-state index is 14.0. The summed E-state index contributed by atoms with van der Waals surface area (Å²) in [5.41, 5.74) is 5.41. The summed E-state index contributed by atoms with van der Waals surface area (Å²) in [6.07, 6.45) is -4.08. The second-order valence-electron chi connectivity index (χ2n) is 7.28. The van der Waals surface area contributed by atoms with Crippen LogP contribution in [0.3, 0.4) is 0 Å². The Hall–Kier alpha value is -4.61. The quantitative estimate of drug-likeness (QED) is 0.0737. The molecule has 0 bridgehead atoms. The molecule has 1 heterocycles. The number of hydrogen-bond acceptors (Lipinski definition) is 9. The molecule has 0 spiro atoms. The molecule has 18 heteroatoms. The van der Waals surface area contributed by atoms with Crippen LogP contribution in [0.4, 0.5) is 17.6 Å². The summed E-state index contributed by atoms with van der Waals surface area (Å²) in [6.45, 7) is 0. The Bertz CT molecular complexity index is 1250. The number of ether oxygens (including phenoxy) is 1. The van der Waals surface area contributed by atoms with Crippen LogP contribution in [0.5, 0.6) is 5.75 Å². The van der Waals surface area contributed by atoms with Crippen molar-refractivity contribution in [1.82, 2.24) is 10.3 Å². The predicted octanol–water partition coefficient (Wildman–Crippen LogP) is 1.79. The lowest BCUT2D eigenvalue weighted by atomic mass is 10.2. The number of aryl methyl sites for hydroxylation is 1. The van der Waals surface area contributed by atoms with E-state index in [4.69, 9.17) is 36.0 Å². The number of amidine groups is 1. The number of benzene rings is 1. The predicted molar refractivity (Wildman–Crippen MR) is 123 cm³/mol. The van der Waals surface area contributed by atoms with Gasteiger partial charge in [0.1, 0.15) is 16.8 Å². The molecule has 212 valence electrons. The fraction of sp³-hybridized carbons (Fsp3) is 0.286. The third-order valence-electron chi connectivity index (χ3n) is 4.25. The number of aliphatic carboxylic acids is 3. The van der Waals surface area contributed by atoms with Crippen molar-refractivity contribution in [2.24, 2.45) is 5.73 Å². The number of nitrogens with two attached hydrogens (primary N) is 1. The van der Waals surface area contributed by atoms with Gasteiger partial charge in [-0.15, -0.1) is 11.3 Å². The average molecular weight is 580 g/mol. The zero-order chi connectivity index (χ0) is 29.9. The van der Waals surface area contributed by atoms with Crippen LogP contribution >= 0.6 is 11.3 Å². The van der Waals surface area contributed by atoms with E-state index in [0.29, 0.717) is 11.4 Å². The number of carbonyl (C=O) groups excluding carboxylic acids is 2. The molecule has 0 aliphatic heterocycles. The highest BCUT2D eigenvalue weighted by Crippen LogP contribution is 2.22. The summed E-state index contributed by atoms with van der Waals surface area (Å²) in [7, 11) is 0. The van der Waals surface area contributed by atoms with Crippen LogP contribution in [-0.2, 0) is 25.6 Å². The van der Waals surface area contributed by atoms with Crippen molar-refractivity contribution in [3.05, 3.63) is 45.7 Å². The minimum Gasteiger partial charge on any atom is -0.481 e. The lowest BCUT2D eigenvalue weighted by Gasteiger charge is -2.11. The van der Waals surface area contributed by atoms with Crippen molar-refractivity contribution in [2.45, 2.75) is 37.9 Å². The third kappa shape index (κ3) is 11.5. The largest absolute Gasteiger partial charge is 0.490 e. The zero-order valence-corrected chi connectivity index (χ0v) is 20.3. The number of halogens is 4. The zero-order valence-electron chi connectivity index (χ0n) is 19.5. The van der Waals surface area contributed by atoms with E-state index in [1.54, 1.807) is 0 Å². The molecular weight excluding hydrogens is 560 g/mol. The molecular formula is C21H20F4N4O9S. The Balaban J connectivity index is 0.000000956. The first-order valence-electron chi connectivity index (χ1n) is 10.4. The number of amides is 1. The van der Waals surface area contributed by atoms with Gasteiger partial charge >= 0.3 is 30.1 Å². The molecule has 0 radical (unpaired) electrons. The molecule has 1 aromatic heterocycles. The van der Waals surface area contributed by atoms with Gasteiger partial charge in [-0.2, -0.15) is 13.2 Å². The van der Waals surface area contributed by atoms with Crippen LogP contribution in [-0.4, -0.2) is 68.1 Å². The number of nitrogens with one attached hydrogen (secondary N) is 2. The third-order valence-corrected chi connectivity index (χ3v) is 5.29. The van der Waals surface area contributed by atoms with Crippen molar-refractivity contribution in [1.29, 1.82) is 5.41 Å². The first kappa shape index (κ1) is 32.4. The number of nitrogens with zero attached hydrogens (tertiary/aromatic N) is 1. The highest BCUT2D eigenvalue weighted by molar-refractivity contribution is 7.13. The summed E-state index contributed by atoms with van der Waals surface area (Å²) in [6, 6.07) is 1.97. The maximum absolute atomic E-state index is 14.0. The fourth-order valence-corrected chi connectivity index (χ4v) is 3.30. The second kappa shape index (κ2) is 14.4. The van der Waals surface area contributed by atoms with Crippen LogP contribution in [0.25, 0.3) is 0 Å². The average Bonchev–Trinajstić information content (AvgIpc) is 3.28. The number of nitrogen functional groups attached to an aromatic ring is 1. The van der Waals surface area contributed by atoms with Crippen LogP contribution in [0, 0.1) is 11.2 Å². The molecule has 39 heavy (non-hydrogen) atoms. The number of hydrogen-bond donors (Lipinski definition) is 6. The molecule has 1 aromatic carbocycles. The highest BCUT2D eigenvalue weighted by atomic mass is 32.1. The second-order valence-corrected chi connectivity index (χ2v) is 8.39. The van der Waals surface area contributed by atoms with Crippen LogP contribution < -0.4 is 15.8 Å². The Morgan fingerprint density at radius 1 is 1.15 bits per heavy atom. The van der Waals surface area contributed by atoms with Gasteiger partial charge in [0.15, 0.2) is 11.6 Å². The normalized spacial score (nSPS) is 11.4. The van der Waals surface area contributed by atoms with Crippen molar-refractivity contribution < 1.29 is 61.6 Å². The van der Waals surface area contributed by atoms with E-state index in [9.17, 15) is 36.7 Å². The lowest BCUT2D eigenvalue weighted by molar-refractivity contribution is -0.192. The summed E-state index contributed by atoms with van der Waals surface area (Å²) >= 11 is 0.987. The Morgan fingerprint density at radius 3 is 2.26 bits per heavy atom. The fourth-order valence-electron chi connectivity index (χ4n) is 2.46. The van der Waals surface area contributed by atoms with Gasteiger partial charge < -0.3 is 31.1 Å². The van der Waals surface area contributed by atoms with E-state index < -0.39 is 54.2 Å². The van der Waals surface area contributed by atoms with Crippen LogP contribution in [0.1, 0.15) is 39.5 Å². The van der Waals surface area contributed by atoms with Gasteiger partial charge in [0, 0.05) is 12.0 Å². The Kier molecular flexibility index (Phi) is 11.9. The monoisotopic (exact) mass is 580 g/mol. The van der Waals surface area contributed by atoms with E-state index in [2.05, 4.69) is 10.3 Å². The molecule has 1 amide bonds. The van der Waals surface area contributed by atoms with Gasteiger partial charge in [0.2, 0.25) is 5.91 Å². The van der Waals surface area contributed by atoms with Gasteiger partial charge in [-0.05, 0) is 31.0 Å². The number of rotatable bonds is 11. The first-order chi connectivity index (χ1) is 18.0. The van der Waals surface area contributed by atoms with Crippen molar-refractivity contribution in [2.75, 3.05) is 0 Å². The molecule has 2 rings (SSSR count). The minimum absolute atomic E-state index is 0.0729. The first-order valence-corrected chi connectivity index (χ1v) is 11.2. The standard InChI is InChI=1S/C19H19FN4O7S.C2HF3O2/c20-10-6-9(17(21)22)4-5-12(10)31-19(30)13-8-23-15(32-13)3-1-2-14(25)24-11(18(28)29)7-16(26)27;3-2(4,5)1(6)7/h4-6,8,11H,1-3,7H2,(H3,21,22)(H,24,25)(H,26,27)(H,28,29);(H,6,7)/t11-;/m0./s1. The van der Waals surface area contributed by atoms with E-state index in [0.717, 1.165) is 17.4 Å². The Labute approximate surface area is 219 Å². The molecule has 13 nitrogen and oxygen atoms in total. The summed E-state index contributed by atoms with van der Waals surface area (Å²) in [5, 5.41) is 34.6. The highest BCUT2D eigenvalue weighted by Gasteiger charge is 2.38. The van der Waals surface area contributed by atoms with Gasteiger partial charge in [-0.1, -0.05) is 0 Å². The number of carbonyl (C=O) groups is 5. The SMILES string of the molecule is N=C(N)c1ccc(OC(=O)c2cnc(CCCC(=O)N[C@@H](CC(=O)O)C(=O)O)s2)c(F)c1.O=C(O)C(F)(F)F. The van der Waals surface area contributed by atoms with Crippen molar-refractivity contribution in [3.8, 4) is 5.75 Å². The van der Waals surface area contributed by atoms with Gasteiger partial charge in [0.05, 0.1) is 17.6 Å². The van der Waals surface area contributed by atoms with E-state index in [-0.39, 0.29) is 34.9 Å². The number of aromatic nitrogens is 1. The van der Waals surface area contributed by atoms with Gasteiger partial charge in [-0.25, -0.2) is 23.8 Å². The van der Waals surface area contributed by atoms with Gasteiger partial charge in [-0.3, -0.25) is 15.0 Å². The van der Waals surface area contributed by atoms with Crippen LogP contribution in [0.15, 0.2) is 24.4 Å². The van der Waals surface area contributed by atoms with Crippen molar-refractivity contribution in [3.63, 3.8) is 0 Å². The molecule has 2 aromatic rings. The smallest absolute Gasteiger partial charge is 0.481 e. The summed E-state index contributed by atoms with van der Waals surface area (Å²) < 4.78 is 50.7. The van der Waals surface area contributed by atoms with Crippen molar-refractivity contribution >= 4 is 47.0 Å². The van der Waals surface area contributed by atoms with Gasteiger partial charge in [0.25, 0.3) is 0 Å². The van der Waals surface area contributed by atoms with E-state index in [1.807, 2.05) is 0 Å². The van der Waals surface area contributed by atoms with E-state index >= 15 is 0 Å². The number of alkyl halides is 3. The molecule has 0 aliphatic carbocycles. The molecule has 7 N–H and O–H groups in total. The molecule has 0 saturated carbocycles. The summed E-state index contributed by atoms with van der Waals surface area (Å²) in [4.78, 5) is 58.7. The number of esters is 1. The molecule has 0 unspecified atom stereocenters. The maximum Gasteiger partial charge on any atom is 0.490 e. The molecule has 0 fully saturated rings. The molecule has 1 atom stereocenters. The minimum atomic E-state index is -5.08. The molecule has 0 saturated heterocycles. The topological polar surface area (TPSA) is 230 Å². The summed E-state index contributed by atoms with van der Waals surface area (Å²) in [5.74, 6) is -8.54. The number of carboxylic acids is 3.